The largest absolute Gasteiger partial charge is 0.459 e. The van der Waals surface area contributed by atoms with Gasteiger partial charge in [0.15, 0.2) is 70.6 Å². The standard InChI is InChI=1S/C32H26FN5O6.2C22H21FO7.C11H14FN5O3/c1-32(33)25(44-30(41)22-15-9-4-10-16-22)23(17-42-29(40)21-13-7-3-8-14-21)43-31(32)38-19-36-24-26(34-18-35-27(24)38)37-28(39)20-11-5-2-6-12-20;2*1-14(24)28-21-22(2,23)18(30-20(26)16-11-7-4-8-12-16)17(29-21)13-27-19(25)15-9-5-3-6-10-15;1-11(12)7(19)5(2-18)20-10(11)17-4-16-6-8(13)14-3-15-9(6)17/h2-16,18-19,23,25,31H,17H2,1H3,(H,34,35,37,39);2*3-12,17-18,21H,13H2,1-2H3;3-5,7,10,18-19H,2H2,1H3,(H2,13,14,15). The number of hydrogen-bond donors (Lipinski definition) is 4. The Morgan fingerprint density at radius 3 is 1.06 bits per heavy atom. The number of alkyl halides is 4. The Morgan fingerprint density at radius 1 is 0.395 bits per heavy atom. The van der Waals surface area contributed by atoms with Crippen molar-refractivity contribution in [1.82, 2.24) is 39.0 Å². The molecule has 4 aromatic heterocycles. The van der Waals surface area contributed by atoms with E-state index in [2.05, 4.69) is 35.2 Å². The van der Waals surface area contributed by atoms with E-state index in [0.29, 0.717) is 33.4 Å². The number of nitrogens with one attached hydrogen (secondary N) is 1. The summed E-state index contributed by atoms with van der Waals surface area (Å²) in [6, 6.07) is 57.4. The highest BCUT2D eigenvalue weighted by molar-refractivity contribution is 6.06. The lowest BCUT2D eigenvalue weighted by atomic mass is 9.98. The summed E-state index contributed by atoms with van der Waals surface area (Å²) in [5.74, 6) is -5.94. The molecule has 33 nitrogen and oxygen atoms in total. The number of imidazole rings is 2. The first-order valence-electron chi connectivity index (χ1n) is 38.3. The van der Waals surface area contributed by atoms with E-state index in [1.807, 2.05) is 0 Å². The molecule has 0 aliphatic carbocycles. The first-order valence-corrected chi connectivity index (χ1v) is 38.3. The predicted octanol–water partition coefficient (Wildman–Crippen LogP) is 10.3. The number of aliphatic hydroxyl groups excluding tert-OH is 2. The van der Waals surface area contributed by atoms with Crippen LogP contribution in [0.3, 0.4) is 0 Å². The fraction of sp³-hybridized carbons (Fsp3) is 0.299. The zero-order valence-corrected chi connectivity index (χ0v) is 66.9. The van der Waals surface area contributed by atoms with Gasteiger partial charge in [-0.3, -0.25) is 23.5 Å². The number of amides is 1. The number of aromatic nitrogens is 8. The Balaban J connectivity index is 0.000000156. The summed E-state index contributed by atoms with van der Waals surface area (Å²) in [6.07, 6.45) is -11.2. The van der Waals surface area contributed by atoms with E-state index in [9.17, 15) is 52.6 Å². The molecule has 11 aromatic rings. The Labute approximate surface area is 703 Å². The highest BCUT2D eigenvalue weighted by Gasteiger charge is 2.62. The minimum absolute atomic E-state index is 0.113. The van der Waals surface area contributed by atoms with Gasteiger partial charge in [0, 0.05) is 19.4 Å². The van der Waals surface area contributed by atoms with Crippen molar-refractivity contribution in [3.8, 4) is 0 Å². The van der Waals surface area contributed by atoms with Crippen LogP contribution in [0.1, 0.15) is 127 Å². The normalized spacial score (nSPS) is 25.2. The van der Waals surface area contributed by atoms with Crippen LogP contribution in [-0.4, -0.2) is 213 Å². The molecule has 37 heteroatoms. The van der Waals surface area contributed by atoms with Gasteiger partial charge < -0.3 is 78.1 Å². The van der Waals surface area contributed by atoms with Crippen LogP contribution < -0.4 is 11.1 Å². The van der Waals surface area contributed by atoms with E-state index >= 15 is 13.2 Å². The lowest BCUT2D eigenvalue weighted by molar-refractivity contribution is -0.193. The summed E-state index contributed by atoms with van der Waals surface area (Å²) in [7, 11) is 0. The van der Waals surface area contributed by atoms with Crippen LogP contribution in [0.15, 0.2) is 238 Å². The lowest BCUT2D eigenvalue weighted by Gasteiger charge is -2.27. The third kappa shape index (κ3) is 20.7. The van der Waals surface area contributed by atoms with Gasteiger partial charge in [0.05, 0.1) is 52.6 Å². The van der Waals surface area contributed by atoms with E-state index in [4.69, 9.17) is 67.7 Å². The van der Waals surface area contributed by atoms with Crippen LogP contribution in [0.5, 0.6) is 0 Å². The van der Waals surface area contributed by atoms with Crippen molar-refractivity contribution in [3.05, 3.63) is 277 Å². The van der Waals surface area contributed by atoms with Gasteiger partial charge in [-0.05, 0) is 113 Å². The molecule has 4 aliphatic heterocycles. The van der Waals surface area contributed by atoms with E-state index in [-0.39, 0.29) is 39.5 Å². The number of fused-ring (bicyclic) bond motifs is 2. The molecular formula is C87H82F4N10O23. The molecular weight excluding hydrogens is 1630 g/mol. The quantitative estimate of drug-likeness (QED) is 0.0278. The minimum atomic E-state index is -2.36. The minimum Gasteiger partial charge on any atom is -0.459 e. The topological polar surface area (TPSA) is 430 Å². The molecule has 4 aliphatic rings. The Morgan fingerprint density at radius 2 is 0.702 bits per heavy atom. The van der Waals surface area contributed by atoms with E-state index in [1.54, 1.807) is 188 Å². The second kappa shape index (κ2) is 39.3. The monoisotopic (exact) mass is 1710 g/mol. The van der Waals surface area contributed by atoms with Crippen molar-refractivity contribution in [3.63, 3.8) is 0 Å². The van der Waals surface area contributed by atoms with Gasteiger partial charge in [-0.2, -0.15) is 0 Å². The molecule has 0 radical (unpaired) electrons. The first kappa shape index (κ1) is 89.4. The van der Waals surface area contributed by atoms with Crippen molar-refractivity contribution in [2.45, 2.75) is 138 Å². The van der Waals surface area contributed by atoms with Crippen molar-refractivity contribution in [2.75, 3.05) is 37.5 Å². The highest BCUT2D eigenvalue weighted by Crippen LogP contribution is 2.47. The van der Waals surface area contributed by atoms with Gasteiger partial charge in [0.1, 0.15) is 68.5 Å². The fourth-order valence-corrected chi connectivity index (χ4v) is 13.5. The second-order valence-electron chi connectivity index (χ2n) is 28.9. The van der Waals surface area contributed by atoms with Crippen LogP contribution in [0.2, 0.25) is 0 Å². The van der Waals surface area contributed by atoms with Crippen molar-refractivity contribution in [1.29, 1.82) is 0 Å². The van der Waals surface area contributed by atoms with Gasteiger partial charge >= 0.3 is 47.8 Å². The van der Waals surface area contributed by atoms with E-state index in [1.165, 1.54) is 72.6 Å². The summed E-state index contributed by atoms with van der Waals surface area (Å²) >= 11 is 0. The third-order valence-corrected chi connectivity index (χ3v) is 19.8. The fourth-order valence-electron chi connectivity index (χ4n) is 13.5. The number of carbonyl (C=O) groups excluding carboxylic acids is 9. The van der Waals surface area contributed by atoms with Crippen molar-refractivity contribution in [2.24, 2.45) is 0 Å². The van der Waals surface area contributed by atoms with E-state index < -0.39 is 177 Å². The van der Waals surface area contributed by atoms with Gasteiger partial charge in [-0.1, -0.05) is 127 Å². The van der Waals surface area contributed by atoms with Gasteiger partial charge in [0.2, 0.25) is 23.9 Å². The number of rotatable bonds is 22. The number of halogens is 4. The number of benzene rings is 7. The Kier molecular flexibility index (Phi) is 28.4. The number of carbonyl (C=O) groups is 9. The molecule has 0 spiro atoms. The smallest absolute Gasteiger partial charge is 0.338 e. The molecule has 15 rings (SSSR count). The molecule has 4 fully saturated rings. The average molecular weight is 1710 g/mol. The Hall–Kier alpha value is -13.9. The van der Waals surface area contributed by atoms with Crippen LogP contribution in [-0.2, 0) is 66.4 Å². The molecule has 7 aromatic carbocycles. The Bertz CT molecular complexity index is 5410. The zero-order valence-electron chi connectivity index (χ0n) is 66.9. The maximum atomic E-state index is 16.8. The van der Waals surface area contributed by atoms with Crippen LogP contribution in [0.4, 0.5) is 29.2 Å². The molecule has 4 saturated heterocycles. The van der Waals surface area contributed by atoms with Crippen LogP contribution >= 0.6 is 0 Å². The molecule has 124 heavy (non-hydrogen) atoms. The third-order valence-electron chi connectivity index (χ3n) is 19.8. The summed E-state index contributed by atoms with van der Waals surface area (Å²) in [4.78, 5) is 135. The van der Waals surface area contributed by atoms with Gasteiger partial charge in [0.25, 0.3) is 5.91 Å². The van der Waals surface area contributed by atoms with Crippen LogP contribution in [0.25, 0.3) is 22.3 Å². The number of ether oxygens (including phenoxy) is 12. The molecule has 16 unspecified atom stereocenters. The van der Waals surface area contributed by atoms with Crippen LogP contribution in [0, 0.1) is 0 Å². The molecule has 0 saturated carbocycles. The van der Waals surface area contributed by atoms with Crippen molar-refractivity contribution >= 4 is 87.6 Å². The highest BCUT2D eigenvalue weighted by atomic mass is 19.2. The van der Waals surface area contributed by atoms with Gasteiger partial charge in [-0.25, -0.2) is 76.2 Å². The molecule has 16 atom stereocenters. The molecule has 5 N–H and O–H groups in total. The molecule has 646 valence electrons. The summed E-state index contributed by atoms with van der Waals surface area (Å²) < 4.78 is 130. The number of nitrogens with zero attached hydrogens (tertiary/aromatic N) is 8. The number of esters is 8. The van der Waals surface area contributed by atoms with Crippen molar-refractivity contribution < 1.29 is 128 Å². The number of aliphatic hydroxyl groups is 2. The SMILES string of the molecule is CC(=O)OC1OC(COC(=O)c2ccccc2)C(OC(=O)c2ccccc2)C1(C)F.CC(=O)OC1OC(COC(=O)c2ccccc2)C(OC(=O)c2ccccc2)C1(C)F.CC1(F)C(O)C(CO)OC1n1cnc2c(N)ncnc21.CC1(F)C(OC(=O)c2ccccc2)C(COC(=O)c2ccccc2)OC1n1cnc2c(NC(=O)c3ccccc3)ncnc21. The maximum absolute atomic E-state index is 16.8. The van der Waals surface area contributed by atoms with Gasteiger partial charge in [-0.15, -0.1) is 0 Å². The average Bonchev–Trinajstić information content (AvgIpc) is 1.50. The number of nitrogens with two attached hydrogens (primary N) is 1. The molecule has 0 bridgehead atoms. The second-order valence-corrected chi connectivity index (χ2v) is 28.9. The van der Waals surface area contributed by atoms with E-state index in [0.717, 1.165) is 27.7 Å². The number of nitrogen functional groups attached to an aromatic ring is 1. The predicted molar refractivity (Wildman–Crippen MR) is 426 cm³/mol. The lowest BCUT2D eigenvalue weighted by Crippen LogP contribution is -2.46. The maximum Gasteiger partial charge on any atom is 0.338 e. The summed E-state index contributed by atoms with van der Waals surface area (Å²) in [6.45, 7) is 5.14. The zero-order chi connectivity index (χ0) is 88.6. The first-order chi connectivity index (χ1) is 59.4. The number of anilines is 2. The molecule has 8 heterocycles. The summed E-state index contributed by atoms with van der Waals surface area (Å²) in [5.41, 5.74) is -0.581. The summed E-state index contributed by atoms with van der Waals surface area (Å²) in [5, 5.41) is 21.7. The number of hydrogen-bond acceptors (Lipinski definition) is 30. The molecule has 1 amide bonds.